The third-order valence-corrected chi connectivity index (χ3v) is 5.16. The molecule has 0 aliphatic carbocycles. The minimum absolute atomic E-state index is 0. The molecule has 2 aromatic rings. The molecule has 31 heavy (non-hydrogen) atoms. The van der Waals surface area contributed by atoms with Gasteiger partial charge in [0.15, 0.2) is 5.96 Å². The van der Waals surface area contributed by atoms with Crippen LogP contribution in [0.1, 0.15) is 49.4 Å². The average Bonchev–Trinajstić information content (AvgIpc) is 2.97. The highest BCUT2D eigenvalue weighted by Crippen LogP contribution is 2.16. The minimum atomic E-state index is -0.662. The van der Waals surface area contributed by atoms with Crippen molar-refractivity contribution >= 4 is 29.9 Å². The van der Waals surface area contributed by atoms with Gasteiger partial charge in [-0.3, -0.25) is 9.67 Å². The standard InChI is InChI=1S/C23H37N5O2.HI/c1-7-24-23(26-16(2)13-22-17(3)27-28(6)18(22)4)25-14-21(29)15-30-19(5)20-11-9-8-10-12-20;/h8-12,16,19,21,29H,7,13-15H2,1-6H3,(H2,24,25,26);1H. The van der Waals surface area contributed by atoms with Gasteiger partial charge in [-0.15, -0.1) is 24.0 Å². The predicted octanol–water partition coefficient (Wildman–Crippen LogP) is 3.28. The fourth-order valence-corrected chi connectivity index (χ4v) is 3.35. The Hall–Kier alpha value is -1.65. The summed E-state index contributed by atoms with van der Waals surface area (Å²) in [4.78, 5) is 4.54. The Morgan fingerprint density at radius 1 is 1.23 bits per heavy atom. The first-order valence-electron chi connectivity index (χ1n) is 10.7. The van der Waals surface area contributed by atoms with Crippen LogP contribution in [0.15, 0.2) is 35.3 Å². The number of aliphatic hydroxyl groups excluding tert-OH is 1. The van der Waals surface area contributed by atoms with Gasteiger partial charge < -0.3 is 20.5 Å². The molecule has 0 spiro atoms. The van der Waals surface area contributed by atoms with Gasteiger partial charge in [0.25, 0.3) is 0 Å². The Morgan fingerprint density at radius 2 is 1.90 bits per heavy atom. The zero-order valence-corrected chi connectivity index (χ0v) is 21.9. The summed E-state index contributed by atoms with van der Waals surface area (Å²) in [6.45, 7) is 11.5. The van der Waals surface area contributed by atoms with Crippen LogP contribution in [0.3, 0.4) is 0 Å². The molecule has 2 rings (SSSR count). The van der Waals surface area contributed by atoms with E-state index in [2.05, 4.69) is 34.6 Å². The third kappa shape index (κ3) is 8.78. The summed E-state index contributed by atoms with van der Waals surface area (Å²) < 4.78 is 7.72. The molecule has 0 fully saturated rings. The molecule has 0 bridgehead atoms. The fourth-order valence-electron chi connectivity index (χ4n) is 3.35. The number of rotatable bonds is 10. The highest BCUT2D eigenvalue weighted by molar-refractivity contribution is 14.0. The van der Waals surface area contributed by atoms with E-state index >= 15 is 0 Å². The fraction of sp³-hybridized carbons (Fsp3) is 0.565. The van der Waals surface area contributed by atoms with Gasteiger partial charge >= 0.3 is 0 Å². The lowest BCUT2D eigenvalue weighted by Gasteiger charge is -2.19. The third-order valence-electron chi connectivity index (χ3n) is 5.16. The predicted molar refractivity (Wildman–Crippen MR) is 137 cm³/mol. The summed E-state index contributed by atoms with van der Waals surface area (Å²) in [7, 11) is 1.97. The quantitative estimate of drug-likeness (QED) is 0.244. The average molecular weight is 543 g/mol. The van der Waals surface area contributed by atoms with Crippen LogP contribution >= 0.6 is 24.0 Å². The Balaban J connectivity index is 0.00000480. The number of nitrogens with zero attached hydrogens (tertiary/aromatic N) is 3. The molecule has 0 amide bonds. The number of aromatic nitrogens is 2. The summed E-state index contributed by atoms with van der Waals surface area (Å²) in [5.41, 5.74) is 4.60. The van der Waals surface area contributed by atoms with Crippen LogP contribution in [0.5, 0.6) is 0 Å². The maximum atomic E-state index is 10.3. The van der Waals surface area contributed by atoms with Gasteiger partial charge in [0.2, 0.25) is 0 Å². The van der Waals surface area contributed by atoms with Crippen molar-refractivity contribution < 1.29 is 9.84 Å². The Kier molecular flexibility index (Phi) is 12.1. The van der Waals surface area contributed by atoms with Crippen molar-refractivity contribution in [2.24, 2.45) is 12.0 Å². The van der Waals surface area contributed by atoms with E-state index in [4.69, 9.17) is 4.74 Å². The first-order chi connectivity index (χ1) is 14.3. The van der Waals surface area contributed by atoms with Crippen molar-refractivity contribution in [3.05, 3.63) is 52.8 Å². The van der Waals surface area contributed by atoms with E-state index in [0.717, 1.165) is 24.2 Å². The lowest BCUT2D eigenvalue weighted by atomic mass is 10.1. The summed E-state index contributed by atoms with van der Waals surface area (Å²) in [5.74, 6) is 0.694. The summed E-state index contributed by atoms with van der Waals surface area (Å²) in [6.07, 6.45) is 0.128. The molecule has 174 valence electrons. The lowest BCUT2D eigenvalue weighted by Crippen LogP contribution is -2.43. The van der Waals surface area contributed by atoms with Crippen LogP contribution in [-0.2, 0) is 18.2 Å². The van der Waals surface area contributed by atoms with Crippen LogP contribution in [-0.4, -0.2) is 52.7 Å². The summed E-state index contributed by atoms with van der Waals surface area (Å²) in [6, 6.07) is 10.2. The van der Waals surface area contributed by atoms with Gasteiger partial charge in [-0.25, -0.2) is 0 Å². The first-order valence-corrected chi connectivity index (χ1v) is 10.7. The number of guanidine groups is 1. The zero-order chi connectivity index (χ0) is 22.1. The second kappa shape index (κ2) is 13.7. The number of aliphatic hydroxyl groups is 1. The van der Waals surface area contributed by atoms with Gasteiger partial charge in [-0.2, -0.15) is 5.10 Å². The minimum Gasteiger partial charge on any atom is -0.389 e. The number of halogens is 1. The van der Waals surface area contributed by atoms with E-state index in [0.29, 0.717) is 5.96 Å². The number of hydrogen-bond acceptors (Lipinski definition) is 4. The van der Waals surface area contributed by atoms with Crippen LogP contribution in [0, 0.1) is 13.8 Å². The Bertz CT molecular complexity index is 810. The first kappa shape index (κ1) is 27.4. The number of ether oxygens (including phenoxy) is 1. The molecular formula is C23H38IN5O2. The smallest absolute Gasteiger partial charge is 0.191 e. The largest absolute Gasteiger partial charge is 0.389 e. The van der Waals surface area contributed by atoms with Gasteiger partial charge in [0.05, 0.1) is 31.1 Å². The second-order valence-corrected chi connectivity index (χ2v) is 7.78. The van der Waals surface area contributed by atoms with Crippen LogP contribution in [0.2, 0.25) is 0 Å². The van der Waals surface area contributed by atoms with E-state index < -0.39 is 6.10 Å². The molecule has 0 radical (unpaired) electrons. The molecule has 0 saturated carbocycles. The van der Waals surface area contributed by atoms with Crippen molar-refractivity contribution in [1.82, 2.24) is 20.4 Å². The molecule has 1 heterocycles. The molecule has 3 N–H and O–H groups in total. The lowest BCUT2D eigenvalue weighted by molar-refractivity contribution is 0.00111. The number of nitrogens with one attached hydrogen (secondary N) is 2. The molecule has 1 aromatic carbocycles. The number of hydrogen-bond donors (Lipinski definition) is 3. The van der Waals surface area contributed by atoms with Crippen LogP contribution < -0.4 is 10.6 Å². The Morgan fingerprint density at radius 3 is 2.48 bits per heavy atom. The molecule has 8 heteroatoms. The maximum Gasteiger partial charge on any atom is 0.191 e. The van der Waals surface area contributed by atoms with Gasteiger partial charge in [-0.1, -0.05) is 30.3 Å². The van der Waals surface area contributed by atoms with Crippen LogP contribution in [0.25, 0.3) is 0 Å². The summed E-state index contributed by atoms with van der Waals surface area (Å²) in [5, 5.41) is 21.5. The highest BCUT2D eigenvalue weighted by Gasteiger charge is 2.15. The van der Waals surface area contributed by atoms with Crippen molar-refractivity contribution in [3.63, 3.8) is 0 Å². The van der Waals surface area contributed by atoms with Crippen LogP contribution in [0.4, 0.5) is 0 Å². The van der Waals surface area contributed by atoms with Gasteiger partial charge in [0, 0.05) is 25.3 Å². The van der Waals surface area contributed by atoms with E-state index in [1.54, 1.807) is 0 Å². The van der Waals surface area contributed by atoms with Gasteiger partial charge in [-0.05, 0) is 52.2 Å². The molecule has 3 unspecified atom stereocenters. The highest BCUT2D eigenvalue weighted by atomic mass is 127. The monoisotopic (exact) mass is 543 g/mol. The number of benzene rings is 1. The Labute approximate surface area is 203 Å². The van der Waals surface area contributed by atoms with Gasteiger partial charge in [0.1, 0.15) is 0 Å². The number of aryl methyl sites for hydroxylation is 2. The molecular weight excluding hydrogens is 505 g/mol. The van der Waals surface area contributed by atoms with E-state index in [-0.39, 0.29) is 49.3 Å². The van der Waals surface area contributed by atoms with E-state index in [1.807, 2.05) is 62.8 Å². The van der Waals surface area contributed by atoms with Crippen molar-refractivity contribution in [3.8, 4) is 0 Å². The summed E-state index contributed by atoms with van der Waals surface area (Å²) >= 11 is 0. The van der Waals surface area contributed by atoms with E-state index in [1.165, 1.54) is 11.3 Å². The molecule has 3 atom stereocenters. The maximum absolute atomic E-state index is 10.3. The zero-order valence-electron chi connectivity index (χ0n) is 19.6. The second-order valence-electron chi connectivity index (χ2n) is 7.78. The van der Waals surface area contributed by atoms with Crippen molar-refractivity contribution in [2.45, 2.75) is 59.3 Å². The normalized spacial score (nSPS) is 14.5. The molecule has 7 nitrogen and oxygen atoms in total. The van der Waals surface area contributed by atoms with Crippen molar-refractivity contribution in [2.75, 3.05) is 19.7 Å². The van der Waals surface area contributed by atoms with E-state index in [9.17, 15) is 5.11 Å². The molecule has 0 aliphatic rings. The topological polar surface area (TPSA) is 83.7 Å². The number of aliphatic imine (C=N–C) groups is 1. The SMILES string of the molecule is CCNC(=NCC(O)COC(C)c1ccccc1)NC(C)Cc1c(C)nn(C)c1C.I. The van der Waals surface area contributed by atoms with Crippen molar-refractivity contribution in [1.29, 1.82) is 0 Å². The molecule has 0 saturated heterocycles. The molecule has 1 aromatic heterocycles. The molecule has 0 aliphatic heterocycles.